The van der Waals surface area contributed by atoms with Crippen LogP contribution in [0.15, 0.2) is 24.3 Å². The molecule has 0 atom stereocenters. The minimum Gasteiger partial charge on any atom is -0.431 e. The molecule has 3 nitrogen and oxygen atoms in total. The van der Waals surface area contributed by atoms with Crippen molar-refractivity contribution >= 4 is 6.16 Å². The molecule has 3 heteroatoms. The van der Waals surface area contributed by atoms with Crippen LogP contribution in [0.1, 0.15) is 19.4 Å². The van der Waals surface area contributed by atoms with Gasteiger partial charge in [-0.25, -0.2) is 4.79 Å². The largest absolute Gasteiger partial charge is 0.514 e. The first-order valence-electron chi connectivity index (χ1n) is 4.53. The molecule has 14 heavy (non-hydrogen) atoms. The monoisotopic (exact) mass is 194 g/mol. The van der Waals surface area contributed by atoms with Crippen molar-refractivity contribution < 1.29 is 14.3 Å². The number of carbonyl (C=O) groups excluding carboxylic acids is 1. The summed E-state index contributed by atoms with van der Waals surface area (Å²) in [4.78, 5) is 11.1. The van der Waals surface area contributed by atoms with E-state index in [9.17, 15) is 4.79 Å². The Morgan fingerprint density at radius 2 is 1.79 bits per heavy atom. The molecule has 1 aromatic rings. The maximum absolute atomic E-state index is 11.1. The standard InChI is InChI=1S/C11H14O3/c1-8(2)13-11(12)14-10-6-4-9(3)5-7-10/h4-8H,1-3H3. The lowest BCUT2D eigenvalue weighted by molar-refractivity contribution is 0.0729. The van der Waals surface area contributed by atoms with Crippen LogP contribution in [0, 0.1) is 6.92 Å². The Morgan fingerprint density at radius 3 is 2.29 bits per heavy atom. The van der Waals surface area contributed by atoms with Crippen LogP contribution in [0.25, 0.3) is 0 Å². The van der Waals surface area contributed by atoms with Gasteiger partial charge in [0.05, 0.1) is 6.10 Å². The predicted molar refractivity (Wildman–Crippen MR) is 53.4 cm³/mol. The molecule has 0 radical (unpaired) electrons. The third-order valence-corrected chi connectivity index (χ3v) is 1.55. The van der Waals surface area contributed by atoms with Crippen molar-refractivity contribution in [1.82, 2.24) is 0 Å². The highest BCUT2D eigenvalue weighted by atomic mass is 16.7. The van der Waals surface area contributed by atoms with E-state index in [2.05, 4.69) is 0 Å². The number of hydrogen-bond acceptors (Lipinski definition) is 3. The number of ether oxygens (including phenoxy) is 2. The van der Waals surface area contributed by atoms with Crippen LogP contribution >= 0.6 is 0 Å². The Labute approximate surface area is 83.6 Å². The fourth-order valence-corrected chi connectivity index (χ4v) is 0.919. The van der Waals surface area contributed by atoms with E-state index in [1.165, 1.54) is 0 Å². The van der Waals surface area contributed by atoms with Crippen LogP contribution < -0.4 is 4.74 Å². The van der Waals surface area contributed by atoms with Gasteiger partial charge in [-0.1, -0.05) is 17.7 Å². The fourth-order valence-electron chi connectivity index (χ4n) is 0.919. The highest BCUT2D eigenvalue weighted by molar-refractivity contribution is 5.63. The molecular formula is C11H14O3. The van der Waals surface area contributed by atoms with Crippen molar-refractivity contribution in [3.8, 4) is 5.75 Å². The first-order valence-corrected chi connectivity index (χ1v) is 4.53. The second-order valence-corrected chi connectivity index (χ2v) is 3.33. The molecule has 0 aromatic heterocycles. The van der Waals surface area contributed by atoms with E-state index >= 15 is 0 Å². The van der Waals surface area contributed by atoms with Crippen LogP contribution in [0.2, 0.25) is 0 Å². The van der Waals surface area contributed by atoms with Crippen LogP contribution in [-0.4, -0.2) is 12.3 Å². The summed E-state index contributed by atoms with van der Waals surface area (Å²) in [5.41, 5.74) is 1.12. The van der Waals surface area contributed by atoms with Crippen LogP contribution in [0.5, 0.6) is 5.75 Å². The summed E-state index contributed by atoms with van der Waals surface area (Å²) in [5.74, 6) is 0.501. The van der Waals surface area contributed by atoms with Crippen LogP contribution in [0.3, 0.4) is 0 Å². The van der Waals surface area contributed by atoms with Gasteiger partial charge in [0.25, 0.3) is 0 Å². The van der Waals surface area contributed by atoms with Crippen molar-refractivity contribution in [2.45, 2.75) is 26.9 Å². The smallest absolute Gasteiger partial charge is 0.431 e. The highest BCUT2D eigenvalue weighted by Crippen LogP contribution is 2.12. The predicted octanol–water partition coefficient (Wildman–Crippen LogP) is 2.92. The van der Waals surface area contributed by atoms with Gasteiger partial charge in [0, 0.05) is 0 Å². The molecule has 0 unspecified atom stereocenters. The molecule has 1 rings (SSSR count). The van der Waals surface area contributed by atoms with E-state index in [1.807, 2.05) is 19.1 Å². The molecule has 1 aromatic carbocycles. The minimum absolute atomic E-state index is 0.159. The van der Waals surface area contributed by atoms with Gasteiger partial charge in [0.2, 0.25) is 0 Å². The first-order chi connectivity index (χ1) is 6.58. The van der Waals surface area contributed by atoms with Crippen molar-refractivity contribution in [2.24, 2.45) is 0 Å². The van der Waals surface area contributed by atoms with E-state index in [0.29, 0.717) is 5.75 Å². The van der Waals surface area contributed by atoms with Gasteiger partial charge in [-0.05, 0) is 32.9 Å². The summed E-state index contributed by atoms with van der Waals surface area (Å²) in [6.45, 7) is 5.52. The Balaban J connectivity index is 2.52. The Bertz CT molecular complexity index is 301. The highest BCUT2D eigenvalue weighted by Gasteiger charge is 2.07. The topological polar surface area (TPSA) is 35.5 Å². The van der Waals surface area contributed by atoms with Gasteiger partial charge < -0.3 is 9.47 Å². The summed E-state index contributed by atoms with van der Waals surface area (Å²) >= 11 is 0. The van der Waals surface area contributed by atoms with Crippen molar-refractivity contribution in [3.05, 3.63) is 29.8 Å². The zero-order valence-corrected chi connectivity index (χ0v) is 8.61. The van der Waals surface area contributed by atoms with Crippen molar-refractivity contribution in [2.75, 3.05) is 0 Å². The molecule has 0 aliphatic heterocycles. The number of rotatable bonds is 2. The van der Waals surface area contributed by atoms with Crippen molar-refractivity contribution in [1.29, 1.82) is 0 Å². The Kier molecular flexibility index (Phi) is 3.51. The fraction of sp³-hybridized carbons (Fsp3) is 0.364. The Hall–Kier alpha value is -1.51. The first kappa shape index (κ1) is 10.6. The normalized spacial score (nSPS) is 10.0. The van der Waals surface area contributed by atoms with E-state index in [1.54, 1.807) is 26.0 Å². The molecule has 0 saturated heterocycles. The lowest BCUT2D eigenvalue weighted by Gasteiger charge is -2.07. The number of benzene rings is 1. The average molecular weight is 194 g/mol. The molecule has 0 bridgehead atoms. The molecule has 0 fully saturated rings. The zero-order valence-electron chi connectivity index (χ0n) is 8.61. The lowest BCUT2D eigenvalue weighted by Crippen LogP contribution is -2.15. The lowest BCUT2D eigenvalue weighted by atomic mass is 10.2. The second kappa shape index (κ2) is 4.65. The van der Waals surface area contributed by atoms with E-state index in [-0.39, 0.29) is 6.10 Å². The molecule has 0 amide bonds. The SMILES string of the molecule is Cc1ccc(OC(=O)OC(C)C)cc1. The van der Waals surface area contributed by atoms with E-state index in [4.69, 9.17) is 9.47 Å². The zero-order chi connectivity index (χ0) is 10.6. The number of aryl methyl sites for hydroxylation is 1. The molecular weight excluding hydrogens is 180 g/mol. The quantitative estimate of drug-likeness (QED) is 0.536. The van der Waals surface area contributed by atoms with Gasteiger partial charge in [-0.15, -0.1) is 0 Å². The molecule has 0 saturated carbocycles. The van der Waals surface area contributed by atoms with Gasteiger partial charge in [-0.2, -0.15) is 0 Å². The maximum atomic E-state index is 11.1. The molecule has 76 valence electrons. The Morgan fingerprint density at radius 1 is 1.21 bits per heavy atom. The average Bonchev–Trinajstić information content (AvgIpc) is 2.07. The van der Waals surface area contributed by atoms with Crippen molar-refractivity contribution in [3.63, 3.8) is 0 Å². The summed E-state index contributed by atoms with van der Waals surface area (Å²) in [7, 11) is 0. The summed E-state index contributed by atoms with van der Waals surface area (Å²) in [5, 5.41) is 0. The molecule has 0 aliphatic carbocycles. The van der Waals surface area contributed by atoms with Crippen LogP contribution in [-0.2, 0) is 4.74 Å². The maximum Gasteiger partial charge on any atom is 0.514 e. The van der Waals surface area contributed by atoms with E-state index in [0.717, 1.165) is 5.56 Å². The summed E-state index contributed by atoms with van der Waals surface area (Å²) < 4.78 is 9.74. The van der Waals surface area contributed by atoms with E-state index < -0.39 is 6.16 Å². The van der Waals surface area contributed by atoms with Gasteiger partial charge >= 0.3 is 6.16 Å². The summed E-state index contributed by atoms with van der Waals surface area (Å²) in [6.07, 6.45) is -0.822. The number of hydrogen-bond donors (Lipinski definition) is 0. The molecule has 0 N–H and O–H groups in total. The minimum atomic E-state index is -0.663. The molecule has 0 aliphatic rings. The number of carbonyl (C=O) groups is 1. The third-order valence-electron chi connectivity index (χ3n) is 1.55. The van der Waals surface area contributed by atoms with Crippen LogP contribution in [0.4, 0.5) is 4.79 Å². The van der Waals surface area contributed by atoms with Gasteiger partial charge in [0.15, 0.2) is 0 Å². The van der Waals surface area contributed by atoms with Gasteiger partial charge in [0.1, 0.15) is 5.75 Å². The van der Waals surface area contributed by atoms with Gasteiger partial charge in [-0.3, -0.25) is 0 Å². The second-order valence-electron chi connectivity index (χ2n) is 3.33. The summed E-state index contributed by atoms with van der Waals surface area (Å²) in [6, 6.07) is 7.21. The molecule has 0 spiro atoms. The molecule has 0 heterocycles. The third kappa shape index (κ3) is 3.47.